The minimum atomic E-state index is -5.50. The summed E-state index contributed by atoms with van der Waals surface area (Å²) in [6.45, 7) is -5.58. The van der Waals surface area contributed by atoms with E-state index in [1.54, 1.807) is 0 Å². The molecule has 0 bridgehead atoms. The molecule has 186 valence electrons. The topological polar surface area (TPSA) is 275 Å². The van der Waals surface area contributed by atoms with Crippen molar-refractivity contribution in [2.45, 2.75) is 43.0 Å². The summed E-state index contributed by atoms with van der Waals surface area (Å²) in [5.41, 5.74) is 5.68. The fourth-order valence-electron chi connectivity index (χ4n) is 3.36. The third kappa shape index (κ3) is 6.37. The smallest absolute Gasteiger partial charge is 0.387 e. The fourth-order valence-corrected chi connectivity index (χ4v) is 7.15. The van der Waals surface area contributed by atoms with Gasteiger partial charge in [-0.15, -0.1) is 0 Å². The number of nitrogens with zero attached hydrogens (tertiary/aromatic N) is 1. The van der Waals surface area contributed by atoms with Crippen LogP contribution in [0, 0.1) is 0 Å². The molecule has 18 nitrogen and oxygen atoms in total. The highest BCUT2D eigenvalue weighted by Gasteiger charge is 2.53. The van der Waals surface area contributed by atoms with E-state index in [-0.39, 0.29) is 6.67 Å². The van der Waals surface area contributed by atoms with Crippen molar-refractivity contribution in [2.75, 3.05) is 13.3 Å². The van der Waals surface area contributed by atoms with Gasteiger partial charge in [-0.2, -0.15) is 4.31 Å². The third-order valence-corrected chi connectivity index (χ3v) is 8.98. The molecular formula is C10H22N5O13P3S. The Bertz CT molecular complexity index is 877. The van der Waals surface area contributed by atoms with Crippen LogP contribution in [0.2, 0.25) is 0 Å². The molecule has 0 aromatic rings. The maximum Gasteiger partial charge on any atom is 0.488 e. The number of carbonyl (C=O) groups is 1. The summed E-state index contributed by atoms with van der Waals surface area (Å²) in [4.78, 5) is 50.1. The van der Waals surface area contributed by atoms with Crippen molar-refractivity contribution in [3.63, 3.8) is 0 Å². The van der Waals surface area contributed by atoms with E-state index in [9.17, 15) is 33.9 Å². The molecule has 3 aliphatic heterocycles. The molecule has 0 spiro atoms. The molecule has 3 heterocycles. The Morgan fingerprint density at radius 1 is 1.16 bits per heavy atom. The predicted octanol–water partition coefficient (Wildman–Crippen LogP) is -4.59. The van der Waals surface area contributed by atoms with Gasteiger partial charge in [0.15, 0.2) is 0 Å². The lowest BCUT2D eigenvalue weighted by atomic mass is 10.1. The van der Waals surface area contributed by atoms with Crippen LogP contribution < -0.4 is 21.7 Å². The van der Waals surface area contributed by atoms with Gasteiger partial charge in [-0.3, -0.25) is 25.7 Å². The lowest BCUT2D eigenvalue weighted by Crippen LogP contribution is -2.71. The quantitative estimate of drug-likeness (QED) is 0.128. The maximum absolute atomic E-state index is 12.0. The van der Waals surface area contributed by atoms with Crippen molar-refractivity contribution in [1.82, 2.24) is 20.9 Å². The van der Waals surface area contributed by atoms with Crippen LogP contribution in [0.4, 0.5) is 0 Å². The first-order chi connectivity index (χ1) is 14.6. The molecule has 32 heavy (non-hydrogen) atoms. The van der Waals surface area contributed by atoms with Gasteiger partial charge in [0.1, 0.15) is 36.9 Å². The number of nitrogens with two attached hydrogens (primary N) is 1. The average molecular weight is 545 g/mol. The first-order valence-electron chi connectivity index (χ1n) is 8.70. The van der Waals surface area contributed by atoms with Gasteiger partial charge in [0.05, 0.1) is 19.4 Å². The van der Waals surface area contributed by atoms with Crippen LogP contribution in [0.15, 0.2) is 0 Å². The lowest BCUT2D eigenvalue weighted by Gasteiger charge is -2.37. The third-order valence-electron chi connectivity index (χ3n) is 4.58. The summed E-state index contributed by atoms with van der Waals surface area (Å²) in [5, 5.41) is 28.8. The van der Waals surface area contributed by atoms with Crippen molar-refractivity contribution in [3.8, 4) is 0 Å². The largest absolute Gasteiger partial charge is 0.488 e. The summed E-state index contributed by atoms with van der Waals surface area (Å²) in [7, 11) is -10.9. The van der Waals surface area contributed by atoms with Crippen LogP contribution in [0.3, 0.4) is 0 Å². The number of aliphatic hydroxyl groups excluding tert-OH is 2. The van der Waals surface area contributed by atoms with Gasteiger partial charge in [-0.05, 0) is 11.8 Å². The molecule has 22 heteroatoms. The number of ether oxygens (including phenoxy) is 1. The number of phosphoric ester groups is 1. The van der Waals surface area contributed by atoms with Crippen LogP contribution in [-0.4, -0.2) is 96.9 Å². The fraction of sp³-hybridized carbons (Fsp3) is 0.900. The summed E-state index contributed by atoms with van der Waals surface area (Å²) < 4.78 is 41.0. The Hall–Kier alpha value is 0.0200. The second-order valence-corrected chi connectivity index (χ2v) is 12.7. The summed E-state index contributed by atoms with van der Waals surface area (Å²) >= 11 is 3.97. The number of hydrogen-bond acceptors (Lipinski definition) is 14. The Balaban J connectivity index is 1.61. The number of nitrogens with one attached hydrogen (secondary N) is 3. The molecular weight excluding hydrogens is 523 g/mol. The van der Waals surface area contributed by atoms with Crippen LogP contribution in [0.1, 0.15) is 0 Å². The predicted molar refractivity (Wildman–Crippen MR) is 104 cm³/mol. The van der Waals surface area contributed by atoms with E-state index in [0.29, 0.717) is 0 Å². The van der Waals surface area contributed by atoms with Gasteiger partial charge in [0.2, 0.25) is 5.91 Å². The van der Waals surface area contributed by atoms with E-state index >= 15 is 0 Å². The second kappa shape index (κ2) is 9.58. The number of carbonyl (C=O) groups excluding carboxylic acids is 1. The van der Waals surface area contributed by atoms with Gasteiger partial charge in [0.25, 0.3) is 0 Å². The second-order valence-electron chi connectivity index (χ2n) is 6.88. The molecule has 1 amide bonds. The van der Waals surface area contributed by atoms with Crippen molar-refractivity contribution < 1.29 is 61.6 Å². The van der Waals surface area contributed by atoms with E-state index < -0.39 is 77.9 Å². The Labute approximate surface area is 185 Å². The van der Waals surface area contributed by atoms with Crippen LogP contribution in [0.25, 0.3) is 0 Å². The minimum Gasteiger partial charge on any atom is -0.387 e. The van der Waals surface area contributed by atoms with Crippen molar-refractivity contribution in [2.24, 2.45) is 5.73 Å². The Morgan fingerprint density at radius 3 is 2.44 bits per heavy atom. The molecule has 11 N–H and O–H groups in total. The number of phosphoric acid groups is 2. The molecule has 9 atom stereocenters. The van der Waals surface area contributed by atoms with Gasteiger partial charge < -0.3 is 39.8 Å². The minimum absolute atomic E-state index is 0.0470. The first-order valence-corrected chi connectivity index (χ1v) is 14.3. The SMILES string of the molecule is NC1NC(=O)C2NCN([C@@H]3O[C@H](COP(=O)(O)OP(=O)(O)OP(O)(O)=S)[C@@H](O)[C@H]3O)C2N1. The number of rotatable bonds is 8. The van der Waals surface area contributed by atoms with E-state index in [0.717, 1.165) is 0 Å². The zero-order valence-electron chi connectivity index (χ0n) is 15.8. The summed E-state index contributed by atoms with van der Waals surface area (Å²) in [6, 6.07) is -0.736. The molecule has 0 radical (unpaired) electrons. The lowest BCUT2D eigenvalue weighted by molar-refractivity contribution is -0.133. The van der Waals surface area contributed by atoms with E-state index in [1.807, 2.05) is 0 Å². The molecule has 0 aliphatic carbocycles. The molecule has 3 aliphatic rings. The Kier molecular flexibility index (Phi) is 7.97. The van der Waals surface area contributed by atoms with E-state index in [1.165, 1.54) is 4.90 Å². The standard InChI is InChI=1S/C10H22N5O13P3S/c11-10-13-7-4(8(18)14-10)12-2-15(7)9-6(17)5(16)3(26-9)1-25-29(19,20)27-30(21,22)28-31(23,24)32/h3-7,9-10,12-13,16-17H,1-2,11H2,(H,14,18)(H,19,20)(H,21,22)(H2,23,24,32)/t3-,4?,5-,6-,7?,9-,10?/m1/s1. The summed E-state index contributed by atoms with van der Waals surface area (Å²) in [6.07, 6.45) is -7.39. The Morgan fingerprint density at radius 2 is 1.81 bits per heavy atom. The van der Waals surface area contributed by atoms with E-state index in [2.05, 4.69) is 40.9 Å². The van der Waals surface area contributed by atoms with Crippen molar-refractivity contribution >= 4 is 40.1 Å². The van der Waals surface area contributed by atoms with Crippen LogP contribution in [-0.2, 0) is 43.6 Å². The van der Waals surface area contributed by atoms with Gasteiger partial charge >= 0.3 is 22.4 Å². The molecule has 0 aromatic carbocycles. The first kappa shape index (κ1) is 26.6. The van der Waals surface area contributed by atoms with Crippen molar-refractivity contribution in [3.05, 3.63) is 0 Å². The average Bonchev–Trinajstić information content (AvgIpc) is 3.12. The van der Waals surface area contributed by atoms with Gasteiger partial charge in [0, 0.05) is 0 Å². The molecule has 0 saturated carbocycles. The zero-order valence-corrected chi connectivity index (χ0v) is 19.3. The van der Waals surface area contributed by atoms with Crippen LogP contribution >= 0.6 is 22.4 Å². The highest BCUT2D eigenvalue weighted by Crippen LogP contribution is 2.66. The summed E-state index contributed by atoms with van der Waals surface area (Å²) in [5.74, 6) is -0.401. The van der Waals surface area contributed by atoms with Crippen LogP contribution in [0.5, 0.6) is 0 Å². The normalized spacial score (nSPS) is 39.8. The number of aliphatic hydroxyl groups is 2. The number of fused-ring (bicyclic) bond motifs is 1. The van der Waals surface area contributed by atoms with Crippen molar-refractivity contribution in [1.29, 1.82) is 0 Å². The van der Waals surface area contributed by atoms with E-state index in [4.69, 9.17) is 20.3 Å². The maximum atomic E-state index is 12.0. The molecule has 5 unspecified atom stereocenters. The molecule has 0 aromatic heterocycles. The van der Waals surface area contributed by atoms with Gasteiger partial charge in [-0.1, -0.05) is 0 Å². The number of hydrogen-bond donors (Lipinski definition) is 10. The highest BCUT2D eigenvalue weighted by atomic mass is 32.5. The van der Waals surface area contributed by atoms with Gasteiger partial charge in [-0.25, -0.2) is 18.3 Å². The monoisotopic (exact) mass is 545 g/mol. The highest BCUT2D eigenvalue weighted by molar-refractivity contribution is 8.08. The molecule has 3 saturated heterocycles. The molecule has 3 fully saturated rings. The zero-order chi connectivity index (χ0) is 24.1. The number of amides is 1. The molecule has 3 rings (SSSR count).